The van der Waals surface area contributed by atoms with E-state index in [2.05, 4.69) is 0 Å². The SMILES string of the molecule is O.[O]=[Sn].[SbH3]. The van der Waals surface area contributed by atoms with E-state index >= 15 is 0 Å². The zero-order valence-electron chi connectivity index (χ0n) is 2.12. The molecule has 0 rings (SSSR count). The molecule has 0 spiro atoms. The number of hydrogen-bond donors (Lipinski definition) is 0. The van der Waals surface area contributed by atoms with Crippen LogP contribution < -0.4 is 0 Å². The summed E-state index contributed by atoms with van der Waals surface area (Å²) in [5.41, 5.74) is 0. The molecule has 2 radical (unpaired) electrons. The maximum atomic E-state index is 8.34. The average Bonchev–Trinajstić information content (AvgIpc) is 1.00. The quantitative estimate of drug-likeness (QED) is 0.451. The summed E-state index contributed by atoms with van der Waals surface area (Å²) >= 11 is 0.300. The van der Waals surface area contributed by atoms with E-state index in [0.717, 1.165) is 0 Å². The van der Waals surface area contributed by atoms with E-state index in [1.165, 1.54) is 0 Å². The molecule has 0 fully saturated rings. The Balaban J connectivity index is -0.00000000500. The molecule has 0 aromatic heterocycles. The Kier molecular flexibility index (Phi) is 120. The van der Waals surface area contributed by atoms with Crippen LogP contribution in [0.2, 0.25) is 0 Å². The van der Waals surface area contributed by atoms with Crippen LogP contribution in [0.25, 0.3) is 0 Å². The molecule has 2 nitrogen and oxygen atoms in total. The third-order valence-corrected chi connectivity index (χ3v) is 0. The van der Waals surface area contributed by atoms with E-state index in [-0.39, 0.29) is 29.9 Å². The van der Waals surface area contributed by atoms with Crippen LogP contribution in [0.3, 0.4) is 0 Å². The molecule has 0 aromatic carbocycles. The van der Waals surface area contributed by atoms with Crippen molar-refractivity contribution in [1.82, 2.24) is 0 Å². The van der Waals surface area contributed by atoms with Crippen LogP contribution in [-0.4, -0.2) is 52.4 Å². The third kappa shape index (κ3) is 10.1. The van der Waals surface area contributed by atoms with Gasteiger partial charge >= 0.3 is 50.0 Å². The summed E-state index contributed by atoms with van der Waals surface area (Å²) in [7, 11) is 0. The molecule has 0 aliphatic carbocycles. The van der Waals surface area contributed by atoms with Gasteiger partial charge < -0.3 is 5.48 Å². The Hall–Kier alpha value is 1.38. The second kappa shape index (κ2) is 26.3. The molecule has 0 atom stereocenters. The normalized spacial score (nSPS) is 1.00. The Morgan fingerprint density at radius 2 is 1.25 bits per heavy atom. The van der Waals surface area contributed by atoms with Crippen molar-refractivity contribution in [3.05, 3.63) is 0 Å². The van der Waals surface area contributed by atoms with Gasteiger partial charge in [-0.2, -0.15) is 0 Å². The van der Waals surface area contributed by atoms with E-state index in [1.54, 1.807) is 0 Å². The molecular weight excluding hydrogens is 272 g/mol. The summed E-state index contributed by atoms with van der Waals surface area (Å²) in [4.78, 5) is 0. The van der Waals surface area contributed by atoms with Gasteiger partial charge in [0.15, 0.2) is 0 Å². The number of rotatable bonds is 0. The standard InChI is InChI=1S/H2O.O.Sb.Sn.3H/h1H2;;;;;;. The monoisotopic (exact) mass is 278 g/mol. The first-order valence-electron chi connectivity index (χ1n) is 0.204. The second-order valence-corrected chi connectivity index (χ2v) is 0. The van der Waals surface area contributed by atoms with Gasteiger partial charge in [-0.05, 0) is 0 Å². The Morgan fingerprint density at radius 1 is 1.25 bits per heavy atom. The maximum absolute atomic E-state index is 8.34. The van der Waals surface area contributed by atoms with Gasteiger partial charge in [-0.15, -0.1) is 0 Å². The topological polar surface area (TPSA) is 48.6 Å². The van der Waals surface area contributed by atoms with Crippen LogP contribution in [-0.2, 0) is 3.08 Å². The molecule has 0 aromatic rings. The predicted molar refractivity (Wildman–Crippen MR) is 20.0 cm³/mol. The van der Waals surface area contributed by atoms with E-state index < -0.39 is 0 Å². The van der Waals surface area contributed by atoms with Gasteiger partial charge in [-0.3, -0.25) is 0 Å². The molecule has 0 bridgehead atoms. The zero-order valence-corrected chi connectivity index (χ0v) is 9.01. The third-order valence-electron chi connectivity index (χ3n) is 0. The molecule has 0 amide bonds. The minimum absolute atomic E-state index is 0. The molecule has 0 heterocycles. The number of hydrogen-bond acceptors (Lipinski definition) is 1. The van der Waals surface area contributed by atoms with E-state index in [4.69, 9.17) is 3.08 Å². The molecule has 0 unspecified atom stereocenters. The summed E-state index contributed by atoms with van der Waals surface area (Å²) in [6, 6.07) is 0. The van der Waals surface area contributed by atoms with Gasteiger partial charge in [0, 0.05) is 0 Å². The van der Waals surface area contributed by atoms with Crippen molar-refractivity contribution in [2.24, 2.45) is 0 Å². The van der Waals surface area contributed by atoms with Crippen LogP contribution in [0, 0.1) is 0 Å². The first kappa shape index (κ1) is 18.2. The summed E-state index contributed by atoms with van der Waals surface area (Å²) in [5.74, 6) is 0. The van der Waals surface area contributed by atoms with Gasteiger partial charge in [0.1, 0.15) is 0 Å². The first-order chi connectivity index (χ1) is 1.00. The molecule has 0 aliphatic heterocycles. The fraction of sp³-hybridized carbons (Fsp3) is 0. The molecule has 0 saturated heterocycles. The van der Waals surface area contributed by atoms with Crippen LogP contribution in [0.5, 0.6) is 0 Å². The predicted octanol–water partition coefficient (Wildman–Crippen LogP) is -2.51. The Morgan fingerprint density at radius 3 is 1.25 bits per heavy atom. The van der Waals surface area contributed by atoms with Crippen LogP contribution in [0.4, 0.5) is 0 Å². The van der Waals surface area contributed by atoms with Crippen LogP contribution in [0.15, 0.2) is 0 Å². The van der Waals surface area contributed by atoms with Crippen molar-refractivity contribution in [1.29, 1.82) is 0 Å². The van der Waals surface area contributed by atoms with Crippen LogP contribution in [0.1, 0.15) is 0 Å². The van der Waals surface area contributed by atoms with E-state index in [9.17, 15) is 0 Å². The molecular formula is H5O2SbSn. The molecule has 4 heteroatoms. The minimum atomic E-state index is 0. The van der Waals surface area contributed by atoms with Crippen molar-refractivity contribution in [3.63, 3.8) is 0 Å². The first-order valence-corrected chi connectivity index (χ1v) is 1.37. The van der Waals surface area contributed by atoms with Crippen molar-refractivity contribution >= 4 is 46.9 Å². The van der Waals surface area contributed by atoms with Crippen LogP contribution >= 0.6 is 0 Å². The van der Waals surface area contributed by atoms with E-state index in [0.29, 0.717) is 22.5 Å². The summed E-state index contributed by atoms with van der Waals surface area (Å²) < 4.78 is 8.34. The second-order valence-electron chi connectivity index (χ2n) is 0. The van der Waals surface area contributed by atoms with Crippen molar-refractivity contribution in [2.45, 2.75) is 0 Å². The Bertz CT molecular complexity index is 6.00. The zero-order chi connectivity index (χ0) is 2.00. The van der Waals surface area contributed by atoms with Gasteiger partial charge in [0.2, 0.25) is 0 Å². The van der Waals surface area contributed by atoms with Crippen molar-refractivity contribution in [2.75, 3.05) is 0 Å². The van der Waals surface area contributed by atoms with Gasteiger partial charge in [-0.1, -0.05) is 0 Å². The van der Waals surface area contributed by atoms with Gasteiger partial charge in [-0.25, -0.2) is 0 Å². The fourth-order valence-corrected chi connectivity index (χ4v) is 0. The molecule has 4 heavy (non-hydrogen) atoms. The molecule has 2 N–H and O–H groups in total. The summed E-state index contributed by atoms with van der Waals surface area (Å²) in [6.45, 7) is 0. The van der Waals surface area contributed by atoms with Gasteiger partial charge in [0.25, 0.3) is 0 Å². The molecule has 0 aliphatic rings. The van der Waals surface area contributed by atoms with E-state index in [1.807, 2.05) is 0 Å². The van der Waals surface area contributed by atoms with Crippen molar-refractivity contribution < 1.29 is 8.55 Å². The summed E-state index contributed by atoms with van der Waals surface area (Å²) in [5, 5.41) is 0. The molecule has 0 saturated carbocycles. The summed E-state index contributed by atoms with van der Waals surface area (Å²) in [6.07, 6.45) is 0. The molecule has 26 valence electrons. The van der Waals surface area contributed by atoms with Crippen molar-refractivity contribution in [3.8, 4) is 0 Å². The Labute approximate surface area is 55.2 Å². The average molecular weight is 278 g/mol. The van der Waals surface area contributed by atoms with Gasteiger partial charge in [0.05, 0.1) is 0 Å². The fourth-order valence-electron chi connectivity index (χ4n) is 0.